The van der Waals surface area contributed by atoms with Crippen molar-refractivity contribution in [1.82, 2.24) is 10.3 Å². The molecule has 6 heteroatoms. The fourth-order valence-corrected chi connectivity index (χ4v) is 2.22. The second-order valence-electron chi connectivity index (χ2n) is 4.12. The molecule has 2 N–H and O–H groups in total. The van der Waals surface area contributed by atoms with Crippen molar-refractivity contribution in [2.45, 2.75) is 6.04 Å². The first-order chi connectivity index (χ1) is 9.60. The highest BCUT2D eigenvalue weighted by molar-refractivity contribution is 6.33. The van der Waals surface area contributed by atoms with Crippen molar-refractivity contribution in [3.8, 4) is 0 Å². The summed E-state index contributed by atoms with van der Waals surface area (Å²) in [5, 5.41) is 12.4. The molecule has 0 bridgehead atoms. The van der Waals surface area contributed by atoms with Crippen LogP contribution in [0.25, 0.3) is 0 Å². The maximum Gasteiger partial charge on any atom is 0.252 e. The number of halogens is 2. The smallest absolute Gasteiger partial charge is 0.252 e. The van der Waals surface area contributed by atoms with E-state index in [-0.39, 0.29) is 22.8 Å². The van der Waals surface area contributed by atoms with Gasteiger partial charge in [-0.1, -0.05) is 53.5 Å². The third-order valence-electron chi connectivity index (χ3n) is 2.71. The van der Waals surface area contributed by atoms with Gasteiger partial charge in [0.1, 0.15) is 10.3 Å². The SMILES string of the molecule is O=C(N[C@H](CO)c1ccccc1)c1cc(Cl)nc(Cl)c1. The zero-order valence-corrected chi connectivity index (χ0v) is 11.9. The minimum atomic E-state index is -0.491. The van der Waals surface area contributed by atoms with E-state index >= 15 is 0 Å². The Kier molecular flexibility index (Phi) is 4.95. The van der Waals surface area contributed by atoms with Crippen molar-refractivity contribution in [2.75, 3.05) is 6.61 Å². The molecule has 0 unspecified atom stereocenters. The van der Waals surface area contributed by atoms with E-state index in [1.165, 1.54) is 12.1 Å². The van der Waals surface area contributed by atoms with Crippen molar-refractivity contribution in [1.29, 1.82) is 0 Å². The molecule has 0 aliphatic heterocycles. The Labute approximate surface area is 126 Å². The summed E-state index contributed by atoms with van der Waals surface area (Å²) in [7, 11) is 0. The molecule has 1 amide bonds. The molecule has 2 rings (SSSR count). The van der Waals surface area contributed by atoms with Gasteiger partial charge in [-0.05, 0) is 17.7 Å². The predicted molar refractivity (Wildman–Crippen MR) is 78.0 cm³/mol. The maximum absolute atomic E-state index is 12.1. The highest BCUT2D eigenvalue weighted by Crippen LogP contribution is 2.17. The number of aromatic nitrogens is 1. The minimum Gasteiger partial charge on any atom is -0.394 e. The normalized spacial score (nSPS) is 11.9. The van der Waals surface area contributed by atoms with Crippen LogP contribution in [-0.2, 0) is 0 Å². The van der Waals surface area contributed by atoms with Gasteiger partial charge in [0.15, 0.2) is 0 Å². The molecule has 2 aromatic rings. The molecule has 104 valence electrons. The highest BCUT2D eigenvalue weighted by atomic mass is 35.5. The number of hydrogen-bond acceptors (Lipinski definition) is 3. The Morgan fingerprint density at radius 3 is 2.35 bits per heavy atom. The lowest BCUT2D eigenvalue weighted by Gasteiger charge is -2.16. The monoisotopic (exact) mass is 310 g/mol. The third kappa shape index (κ3) is 3.70. The van der Waals surface area contributed by atoms with E-state index in [0.717, 1.165) is 5.56 Å². The number of amides is 1. The zero-order valence-electron chi connectivity index (χ0n) is 10.4. The zero-order chi connectivity index (χ0) is 14.5. The molecule has 0 radical (unpaired) electrons. The third-order valence-corrected chi connectivity index (χ3v) is 3.10. The summed E-state index contributed by atoms with van der Waals surface area (Å²) in [6.45, 7) is -0.206. The van der Waals surface area contributed by atoms with E-state index in [1.54, 1.807) is 0 Å². The van der Waals surface area contributed by atoms with Gasteiger partial charge in [0.2, 0.25) is 0 Å². The quantitative estimate of drug-likeness (QED) is 0.854. The van der Waals surface area contributed by atoms with E-state index in [1.807, 2.05) is 30.3 Å². The summed E-state index contributed by atoms with van der Waals surface area (Å²) in [5.41, 5.74) is 1.11. The maximum atomic E-state index is 12.1. The van der Waals surface area contributed by atoms with Gasteiger partial charge < -0.3 is 10.4 Å². The van der Waals surface area contributed by atoms with Crippen molar-refractivity contribution >= 4 is 29.1 Å². The lowest BCUT2D eigenvalue weighted by atomic mass is 10.1. The van der Waals surface area contributed by atoms with Gasteiger partial charge in [0.05, 0.1) is 12.6 Å². The van der Waals surface area contributed by atoms with Crippen LogP contribution in [0.1, 0.15) is 22.0 Å². The number of nitrogens with zero attached hydrogens (tertiary/aromatic N) is 1. The molecular weight excluding hydrogens is 299 g/mol. The second-order valence-corrected chi connectivity index (χ2v) is 4.90. The van der Waals surface area contributed by atoms with Crippen molar-refractivity contribution in [3.05, 3.63) is 63.9 Å². The van der Waals surface area contributed by atoms with Crippen LogP contribution in [0.4, 0.5) is 0 Å². The van der Waals surface area contributed by atoms with Crippen LogP contribution in [0.15, 0.2) is 42.5 Å². The lowest BCUT2D eigenvalue weighted by Crippen LogP contribution is -2.30. The summed E-state index contributed by atoms with van der Waals surface area (Å²) < 4.78 is 0. The number of hydrogen-bond donors (Lipinski definition) is 2. The molecule has 1 heterocycles. The number of carbonyl (C=O) groups is 1. The topological polar surface area (TPSA) is 62.2 Å². The Morgan fingerprint density at radius 2 is 1.80 bits per heavy atom. The number of nitrogens with one attached hydrogen (secondary N) is 1. The van der Waals surface area contributed by atoms with Crippen LogP contribution >= 0.6 is 23.2 Å². The van der Waals surface area contributed by atoms with Gasteiger partial charge in [0, 0.05) is 5.56 Å². The first-order valence-electron chi connectivity index (χ1n) is 5.90. The van der Waals surface area contributed by atoms with Gasteiger partial charge in [-0.15, -0.1) is 0 Å². The number of rotatable bonds is 4. The molecule has 1 aromatic carbocycles. The molecule has 0 saturated heterocycles. The molecule has 0 fully saturated rings. The number of aliphatic hydroxyl groups is 1. The number of benzene rings is 1. The average molecular weight is 311 g/mol. The van der Waals surface area contributed by atoms with Gasteiger partial charge in [-0.2, -0.15) is 0 Å². The Balaban J connectivity index is 2.17. The molecule has 0 aliphatic rings. The van der Waals surface area contributed by atoms with Crippen molar-refractivity contribution in [2.24, 2.45) is 0 Å². The molecule has 0 aliphatic carbocycles. The Bertz CT molecular complexity index is 585. The lowest BCUT2D eigenvalue weighted by molar-refractivity contribution is 0.0916. The molecule has 4 nitrogen and oxygen atoms in total. The van der Waals surface area contributed by atoms with Gasteiger partial charge in [-0.3, -0.25) is 4.79 Å². The van der Waals surface area contributed by atoms with Gasteiger partial charge in [0.25, 0.3) is 5.91 Å². The van der Waals surface area contributed by atoms with E-state index in [2.05, 4.69) is 10.3 Å². The number of pyridine rings is 1. The fraction of sp³-hybridized carbons (Fsp3) is 0.143. The first kappa shape index (κ1) is 14.8. The summed E-state index contributed by atoms with van der Waals surface area (Å²) in [5.74, 6) is -0.376. The van der Waals surface area contributed by atoms with Crippen LogP contribution in [0, 0.1) is 0 Å². The Morgan fingerprint density at radius 1 is 1.20 bits per heavy atom. The number of carbonyl (C=O) groups excluding carboxylic acids is 1. The fourth-order valence-electron chi connectivity index (χ4n) is 1.76. The predicted octanol–water partition coefficient (Wildman–Crippen LogP) is 2.85. The molecular formula is C14H12Cl2N2O2. The molecule has 1 atom stereocenters. The van der Waals surface area contributed by atoms with E-state index in [4.69, 9.17) is 23.2 Å². The summed E-state index contributed by atoms with van der Waals surface area (Å²) in [6.07, 6.45) is 0. The standard InChI is InChI=1S/C14H12Cl2N2O2/c15-12-6-10(7-13(16)18-12)14(20)17-11(8-19)9-4-2-1-3-5-9/h1-7,11,19H,8H2,(H,17,20)/t11-/m1/s1. The highest BCUT2D eigenvalue weighted by Gasteiger charge is 2.15. The van der Waals surface area contributed by atoms with E-state index < -0.39 is 6.04 Å². The van der Waals surface area contributed by atoms with Crippen LogP contribution in [-0.4, -0.2) is 22.6 Å². The van der Waals surface area contributed by atoms with E-state index in [9.17, 15) is 9.90 Å². The van der Waals surface area contributed by atoms with Crippen molar-refractivity contribution < 1.29 is 9.90 Å². The average Bonchev–Trinajstić information content (AvgIpc) is 2.44. The molecule has 20 heavy (non-hydrogen) atoms. The van der Waals surface area contributed by atoms with E-state index in [0.29, 0.717) is 5.56 Å². The number of aliphatic hydroxyl groups excluding tert-OH is 1. The summed E-state index contributed by atoms with van der Waals surface area (Å²) >= 11 is 11.5. The largest absolute Gasteiger partial charge is 0.394 e. The van der Waals surface area contributed by atoms with Gasteiger partial charge in [-0.25, -0.2) is 4.98 Å². The first-order valence-corrected chi connectivity index (χ1v) is 6.65. The van der Waals surface area contributed by atoms with Crippen molar-refractivity contribution in [3.63, 3.8) is 0 Å². The van der Waals surface area contributed by atoms with Crippen LogP contribution in [0.5, 0.6) is 0 Å². The van der Waals surface area contributed by atoms with Gasteiger partial charge >= 0.3 is 0 Å². The molecule has 0 saturated carbocycles. The second kappa shape index (κ2) is 6.70. The van der Waals surface area contributed by atoms with Crippen LogP contribution in [0.2, 0.25) is 10.3 Å². The molecule has 0 spiro atoms. The minimum absolute atomic E-state index is 0.142. The molecule has 1 aromatic heterocycles. The Hall–Kier alpha value is -1.62. The summed E-state index contributed by atoms with van der Waals surface area (Å²) in [6, 6.07) is 11.5. The van der Waals surface area contributed by atoms with Crippen LogP contribution < -0.4 is 5.32 Å². The van der Waals surface area contributed by atoms with Crippen LogP contribution in [0.3, 0.4) is 0 Å². The summed E-state index contributed by atoms with van der Waals surface area (Å²) in [4.78, 5) is 15.9.